The van der Waals surface area contributed by atoms with Crippen molar-refractivity contribution in [3.05, 3.63) is 71.5 Å². The van der Waals surface area contributed by atoms with Crippen LogP contribution in [-0.2, 0) is 11.3 Å². The first kappa shape index (κ1) is 25.1. The molecular formula is C26H30N6O4. The monoisotopic (exact) mass is 490 g/mol. The van der Waals surface area contributed by atoms with E-state index in [-0.39, 0.29) is 23.6 Å². The van der Waals surface area contributed by atoms with Crippen molar-refractivity contribution in [1.82, 2.24) is 25.5 Å². The molecule has 2 amide bonds. The summed E-state index contributed by atoms with van der Waals surface area (Å²) in [6.45, 7) is 5.46. The van der Waals surface area contributed by atoms with Gasteiger partial charge in [-0.15, -0.1) is 0 Å². The highest BCUT2D eigenvalue weighted by atomic mass is 16.5. The average molecular weight is 491 g/mol. The number of nitrogens with zero attached hydrogens (tertiary/aromatic N) is 3. The van der Waals surface area contributed by atoms with Crippen LogP contribution in [0.15, 0.2) is 54.7 Å². The summed E-state index contributed by atoms with van der Waals surface area (Å²) >= 11 is 0. The minimum absolute atomic E-state index is 0.0369. The zero-order valence-corrected chi connectivity index (χ0v) is 20.4. The van der Waals surface area contributed by atoms with Gasteiger partial charge in [0.25, 0.3) is 11.8 Å². The number of nitrogens with two attached hydrogens (primary N) is 1. The summed E-state index contributed by atoms with van der Waals surface area (Å²) in [6, 6.07) is 14.6. The van der Waals surface area contributed by atoms with Crippen molar-refractivity contribution >= 4 is 17.6 Å². The van der Waals surface area contributed by atoms with Crippen molar-refractivity contribution in [2.75, 3.05) is 39.1 Å². The maximum Gasteiger partial charge on any atom is 0.273 e. The third kappa shape index (κ3) is 6.15. The van der Waals surface area contributed by atoms with Gasteiger partial charge in [0.15, 0.2) is 11.5 Å². The van der Waals surface area contributed by atoms with Crippen LogP contribution in [0, 0.1) is 0 Å². The molecule has 0 radical (unpaired) electrons. The Kier molecular flexibility index (Phi) is 8.09. The maximum atomic E-state index is 12.9. The van der Waals surface area contributed by atoms with Gasteiger partial charge in [-0.3, -0.25) is 14.5 Å². The Labute approximate surface area is 209 Å². The smallest absolute Gasteiger partial charge is 0.273 e. The molecule has 1 saturated heterocycles. The van der Waals surface area contributed by atoms with Gasteiger partial charge in [-0.05, 0) is 36.8 Å². The van der Waals surface area contributed by atoms with Crippen LogP contribution in [0.25, 0.3) is 11.3 Å². The Morgan fingerprint density at radius 2 is 1.92 bits per heavy atom. The molecule has 0 saturated carbocycles. The number of carbonyl (C=O) groups is 2. The number of anilines is 1. The number of hydrogen-bond acceptors (Lipinski definition) is 8. The summed E-state index contributed by atoms with van der Waals surface area (Å²) in [5.74, 6) is 0.121. The molecule has 36 heavy (non-hydrogen) atoms. The van der Waals surface area contributed by atoms with Gasteiger partial charge < -0.3 is 25.8 Å². The molecule has 0 aliphatic carbocycles. The molecule has 1 aromatic heterocycles. The Morgan fingerprint density at radius 3 is 2.69 bits per heavy atom. The quantitative estimate of drug-likeness (QED) is 0.437. The van der Waals surface area contributed by atoms with E-state index in [9.17, 15) is 9.59 Å². The molecule has 1 fully saturated rings. The molecular weight excluding hydrogens is 460 g/mol. The molecule has 1 unspecified atom stereocenters. The van der Waals surface area contributed by atoms with Gasteiger partial charge in [-0.1, -0.05) is 24.3 Å². The lowest BCUT2D eigenvalue weighted by Crippen LogP contribution is -2.44. The predicted octanol–water partition coefficient (Wildman–Crippen LogP) is 2.07. The third-order valence-corrected chi connectivity index (χ3v) is 5.88. The van der Waals surface area contributed by atoms with Crippen molar-refractivity contribution in [1.29, 1.82) is 0 Å². The Bertz CT molecular complexity index is 1230. The largest absolute Gasteiger partial charge is 0.475 e. The first-order valence-electron chi connectivity index (χ1n) is 11.7. The van der Waals surface area contributed by atoms with E-state index in [0.717, 1.165) is 24.4 Å². The van der Waals surface area contributed by atoms with Crippen LogP contribution in [0.1, 0.15) is 33.3 Å². The second-order valence-corrected chi connectivity index (χ2v) is 8.34. The van der Waals surface area contributed by atoms with Crippen LogP contribution in [-0.4, -0.2) is 66.3 Å². The van der Waals surface area contributed by atoms with Crippen molar-refractivity contribution in [2.45, 2.75) is 19.7 Å². The lowest BCUT2D eigenvalue weighted by Gasteiger charge is -2.32. The average Bonchev–Trinajstić information content (AvgIpc) is 2.92. The fraction of sp³-hybridized carbons (Fsp3) is 0.308. The molecule has 1 atom stereocenters. The predicted molar refractivity (Wildman–Crippen MR) is 135 cm³/mol. The molecule has 0 bridgehead atoms. The number of carbonyl (C=O) groups excluding carboxylic acids is 2. The summed E-state index contributed by atoms with van der Waals surface area (Å²) in [7, 11) is 1.49. The highest BCUT2D eigenvalue weighted by Crippen LogP contribution is 2.21. The number of morpholine rings is 1. The molecule has 0 spiro atoms. The van der Waals surface area contributed by atoms with Crippen molar-refractivity contribution in [2.24, 2.45) is 0 Å². The van der Waals surface area contributed by atoms with Gasteiger partial charge in [0, 0.05) is 37.8 Å². The summed E-state index contributed by atoms with van der Waals surface area (Å²) in [5, 5.41) is 5.44. The summed E-state index contributed by atoms with van der Waals surface area (Å²) in [5.41, 5.74) is 8.28. The molecule has 2 heterocycles. The molecule has 188 valence electrons. The standard InChI is InChI=1S/C26H30N6O4/c1-17(32-9-11-35-12-10-32)36-21-8-3-5-18(13-21)15-30-25(33)20-7-4-6-19(14-20)22-16-29-24(27)23(31-22)26(34)28-2/h3-8,13-14,16-17H,9-12,15H2,1-2H3,(H2,27,29)(H,28,34)(H,30,33). The van der Waals surface area contributed by atoms with Crippen LogP contribution in [0.3, 0.4) is 0 Å². The molecule has 3 aromatic rings. The zero-order chi connectivity index (χ0) is 25.5. The number of nitrogen functional groups attached to an aromatic ring is 1. The number of rotatable bonds is 8. The fourth-order valence-corrected chi connectivity index (χ4v) is 3.87. The van der Waals surface area contributed by atoms with E-state index in [1.165, 1.54) is 13.2 Å². The van der Waals surface area contributed by atoms with Crippen LogP contribution < -0.4 is 21.1 Å². The normalized spacial score (nSPS) is 14.6. The Balaban J connectivity index is 1.40. The molecule has 4 N–H and O–H groups in total. The fourth-order valence-electron chi connectivity index (χ4n) is 3.87. The van der Waals surface area contributed by atoms with Crippen molar-refractivity contribution < 1.29 is 19.1 Å². The van der Waals surface area contributed by atoms with E-state index in [1.54, 1.807) is 24.3 Å². The van der Waals surface area contributed by atoms with Crippen molar-refractivity contribution in [3.63, 3.8) is 0 Å². The van der Waals surface area contributed by atoms with Gasteiger partial charge in [0.05, 0.1) is 25.1 Å². The number of ether oxygens (including phenoxy) is 2. The molecule has 10 heteroatoms. The summed E-state index contributed by atoms with van der Waals surface area (Å²) < 4.78 is 11.5. The highest BCUT2D eigenvalue weighted by Gasteiger charge is 2.18. The summed E-state index contributed by atoms with van der Waals surface area (Å²) in [6.07, 6.45) is 1.41. The van der Waals surface area contributed by atoms with Crippen molar-refractivity contribution in [3.8, 4) is 17.0 Å². The van der Waals surface area contributed by atoms with Crippen LogP contribution in [0.2, 0.25) is 0 Å². The van der Waals surface area contributed by atoms with Gasteiger partial charge >= 0.3 is 0 Å². The number of benzene rings is 2. The molecule has 10 nitrogen and oxygen atoms in total. The number of aromatic nitrogens is 2. The second-order valence-electron chi connectivity index (χ2n) is 8.34. The SMILES string of the molecule is CNC(=O)c1nc(-c2cccc(C(=O)NCc3cccc(OC(C)N4CCOCC4)c3)c2)cnc1N. The second kappa shape index (κ2) is 11.6. The molecule has 1 aliphatic rings. The highest BCUT2D eigenvalue weighted by molar-refractivity contribution is 5.97. The van der Waals surface area contributed by atoms with E-state index < -0.39 is 5.91 Å². The lowest BCUT2D eigenvalue weighted by atomic mass is 10.1. The van der Waals surface area contributed by atoms with Crippen LogP contribution in [0.5, 0.6) is 5.75 Å². The Hall–Kier alpha value is -4.02. The maximum absolute atomic E-state index is 12.9. The minimum atomic E-state index is -0.429. The minimum Gasteiger partial charge on any atom is -0.475 e. The van der Waals surface area contributed by atoms with Gasteiger partial charge in [-0.2, -0.15) is 0 Å². The van der Waals surface area contributed by atoms with Gasteiger partial charge in [0.2, 0.25) is 0 Å². The van der Waals surface area contributed by atoms with E-state index in [1.807, 2.05) is 31.2 Å². The number of hydrogen-bond donors (Lipinski definition) is 3. The molecule has 1 aliphatic heterocycles. The number of nitrogens with one attached hydrogen (secondary N) is 2. The molecule has 2 aromatic carbocycles. The number of amides is 2. The topological polar surface area (TPSA) is 132 Å². The van der Waals surface area contributed by atoms with Crippen LogP contribution in [0.4, 0.5) is 5.82 Å². The van der Waals surface area contributed by atoms with E-state index in [0.29, 0.717) is 36.6 Å². The third-order valence-electron chi connectivity index (χ3n) is 5.88. The Morgan fingerprint density at radius 1 is 1.14 bits per heavy atom. The first-order valence-corrected chi connectivity index (χ1v) is 11.7. The van der Waals surface area contributed by atoms with E-state index in [2.05, 4.69) is 25.5 Å². The zero-order valence-electron chi connectivity index (χ0n) is 20.4. The van der Waals surface area contributed by atoms with E-state index in [4.69, 9.17) is 15.2 Å². The van der Waals surface area contributed by atoms with Gasteiger partial charge in [0.1, 0.15) is 12.0 Å². The van der Waals surface area contributed by atoms with Crippen LogP contribution >= 0.6 is 0 Å². The lowest BCUT2D eigenvalue weighted by molar-refractivity contribution is -0.0373. The van der Waals surface area contributed by atoms with Gasteiger partial charge in [-0.25, -0.2) is 9.97 Å². The summed E-state index contributed by atoms with van der Waals surface area (Å²) in [4.78, 5) is 35.5. The molecule has 4 rings (SSSR count). The first-order chi connectivity index (χ1) is 17.4. The van der Waals surface area contributed by atoms with E-state index >= 15 is 0 Å².